The van der Waals surface area contributed by atoms with Crippen molar-refractivity contribution >= 4 is 11.9 Å². The number of carbonyl (C=O) groups excluding carboxylic acids is 1. The second-order valence-corrected chi connectivity index (χ2v) is 5.54. The maximum atomic E-state index is 11.6. The van der Waals surface area contributed by atoms with Crippen molar-refractivity contribution in [3.63, 3.8) is 0 Å². The van der Waals surface area contributed by atoms with E-state index in [1.54, 1.807) is 0 Å². The molecule has 0 aromatic rings. The Balaban J connectivity index is 2.53. The van der Waals surface area contributed by atoms with Crippen LogP contribution in [0.3, 0.4) is 0 Å². The number of likely N-dealkylation sites (N-methyl/N-ethyl adjacent to an activating group) is 1. The molecule has 1 aliphatic rings. The van der Waals surface area contributed by atoms with E-state index in [2.05, 4.69) is 6.58 Å². The van der Waals surface area contributed by atoms with E-state index in [9.17, 15) is 9.59 Å². The molecule has 1 aliphatic carbocycles. The summed E-state index contributed by atoms with van der Waals surface area (Å²) in [6, 6.07) is 0. The van der Waals surface area contributed by atoms with Crippen LogP contribution in [-0.2, 0) is 14.3 Å². The van der Waals surface area contributed by atoms with Crippen LogP contribution in [0, 0.1) is 5.92 Å². The van der Waals surface area contributed by atoms with Gasteiger partial charge in [-0.25, -0.2) is 0 Å². The fourth-order valence-corrected chi connectivity index (χ4v) is 1.65. The van der Waals surface area contributed by atoms with Gasteiger partial charge in [0.15, 0.2) is 6.10 Å². The minimum Gasteiger partial charge on any atom is -0.481 e. The Labute approximate surface area is 101 Å². The second kappa shape index (κ2) is 4.87. The van der Waals surface area contributed by atoms with Crippen LogP contribution in [0.5, 0.6) is 0 Å². The summed E-state index contributed by atoms with van der Waals surface area (Å²) in [5.41, 5.74) is 0.870. The molecule has 1 saturated carbocycles. The molecule has 0 aromatic heterocycles. The smallest absolute Gasteiger partial charge is 0.313 e. The Morgan fingerprint density at radius 2 is 2.06 bits per heavy atom. The van der Waals surface area contributed by atoms with Gasteiger partial charge in [-0.15, -0.1) is 0 Å². The maximum Gasteiger partial charge on any atom is 0.313 e. The van der Waals surface area contributed by atoms with E-state index in [1.807, 2.05) is 21.1 Å². The predicted molar refractivity (Wildman–Crippen MR) is 62.3 cm³/mol. The van der Waals surface area contributed by atoms with Crippen LogP contribution < -0.4 is 0 Å². The third-order valence-corrected chi connectivity index (χ3v) is 2.52. The van der Waals surface area contributed by atoms with Crippen LogP contribution in [-0.4, -0.2) is 55.3 Å². The highest BCUT2D eigenvalue weighted by Crippen LogP contribution is 2.37. The van der Waals surface area contributed by atoms with E-state index in [0.717, 1.165) is 5.57 Å². The summed E-state index contributed by atoms with van der Waals surface area (Å²) < 4.78 is 5.79. The molecule has 0 radical (unpaired) electrons. The Bertz CT molecular complexity index is 343. The van der Waals surface area contributed by atoms with E-state index in [0.29, 0.717) is 17.4 Å². The molecular formula is C12H20NO4+. The fourth-order valence-electron chi connectivity index (χ4n) is 1.65. The van der Waals surface area contributed by atoms with Crippen molar-refractivity contribution in [1.82, 2.24) is 0 Å². The third kappa shape index (κ3) is 4.99. The molecule has 0 bridgehead atoms. The Morgan fingerprint density at radius 1 is 1.53 bits per heavy atom. The number of nitrogens with zero attached hydrogens (tertiary/aromatic N) is 1. The molecule has 2 atom stereocenters. The summed E-state index contributed by atoms with van der Waals surface area (Å²) in [6.45, 7) is 4.17. The lowest BCUT2D eigenvalue weighted by Crippen LogP contribution is -2.44. The summed E-state index contributed by atoms with van der Waals surface area (Å²) in [4.78, 5) is 22.3. The number of aliphatic carboxylic acids is 1. The molecule has 17 heavy (non-hydrogen) atoms. The molecule has 1 unspecified atom stereocenters. The Morgan fingerprint density at radius 3 is 2.41 bits per heavy atom. The monoisotopic (exact) mass is 242 g/mol. The van der Waals surface area contributed by atoms with Crippen LogP contribution >= 0.6 is 0 Å². The topological polar surface area (TPSA) is 63.6 Å². The molecule has 0 amide bonds. The van der Waals surface area contributed by atoms with E-state index in [1.165, 1.54) is 0 Å². The molecule has 1 N–H and O–H groups in total. The number of ether oxygens (including phenoxy) is 1. The van der Waals surface area contributed by atoms with Gasteiger partial charge >= 0.3 is 11.9 Å². The lowest BCUT2D eigenvalue weighted by molar-refractivity contribution is -0.873. The number of carboxylic acid groups (broad SMARTS) is 1. The maximum absolute atomic E-state index is 11.6. The minimum atomic E-state index is -0.953. The molecule has 0 aliphatic heterocycles. The molecule has 1 fully saturated rings. The van der Waals surface area contributed by atoms with Crippen molar-refractivity contribution in [2.24, 2.45) is 5.92 Å². The molecule has 5 nitrogen and oxygen atoms in total. The quantitative estimate of drug-likeness (QED) is 0.422. The van der Waals surface area contributed by atoms with Gasteiger partial charge in [0.1, 0.15) is 6.54 Å². The zero-order valence-electron chi connectivity index (χ0n) is 10.6. The van der Waals surface area contributed by atoms with E-state index >= 15 is 0 Å². The first-order valence-corrected chi connectivity index (χ1v) is 5.59. The lowest BCUT2D eigenvalue weighted by atomic mass is 10.2. The number of rotatable bonds is 6. The average molecular weight is 242 g/mol. The molecule has 0 spiro atoms. The van der Waals surface area contributed by atoms with Gasteiger partial charge in [-0.3, -0.25) is 9.59 Å². The van der Waals surface area contributed by atoms with E-state index in [4.69, 9.17) is 9.84 Å². The van der Waals surface area contributed by atoms with Crippen molar-refractivity contribution in [2.45, 2.75) is 18.9 Å². The summed E-state index contributed by atoms with van der Waals surface area (Å²) >= 11 is 0. The van der Waals surface area contributed by atoms with Gasteiger partial charge in [0.2, 0.25) is 0 Å². The molecule has 0 aromatic carbocycles. The summed E-state index contributed by atoms with van der Waals surface area (Å²) in [6.07, 6.45) is -0.0582. The van der Waals surface area contributed by atoms with Gasteiger partial charge in [-0.2, -0.15) is 0 Å². The SMILES string of the molecule is C=C1CC1C(=O)O[C@H](CC(=O)O)C[N+](C)(C)C. The van der Waals surface area contributed by atoms with Gasteiger partial charge in [0, 0.05) is 0 Å². The normalized spacial score (nSPS) is 20.9. The van der Waals surface area contributed by atoms with Crippen molar-refractivity contribution < 1.29 is 23.9 Å². The van der Waals surface area contributed by atoms with Gasteiger partial charge < -0.3 is 14.3 Å². The van der Waals surface area contributed by atoms with Crippen LogP contribution in [0.2, 0.25) is 0 Å². The van der Waals surface area contributed by atoms with Gasteiger partial charge in [0.25, 0.3) is 0 Å². The van der Waals surface area contributed by atoms with Gasteiger partial charge in [-0.05, 0) is 6.42 Å². The number of quaternary nitrogens is 1. The zero-order valence-corrected chi connectivity index (χ0v) is 10.6. The van der Waals surface area contributed by atoms with Crippen molar-refractivity contribution in [2.75, 3.05) is 27.7 Å². The highest BCUT2D eigenvalue weighted by atomic mass is 16.5. The standard InChI is InChI=1S/C12H19NO4/c1-8-5-10(8)12(16)17-9(6-11(14)15)7-13(2,3)4/h9-10H,1,5-7H2,2-4H3/p+1/t9-,10?/m1/s1. The first kappa shape index (κ1) is 13.7. The number of esters is 1. The predicted octanol–water partition coefficient (Wildman–Crippen LogP) is 0.655. The third-order valence-electron chi connectivity index (χ3n) is 2.52. The van der Waals surface area contributed by atoms with Crippen LogP contribution in [0.1, 0.15) is 12.8 Å². The van der Waals surface area contributed by atoms with Crippen molar-refractivity contribution in [3.05, 3.63) is 12.2 Å². The first-order valence-electron chi connectivity index (χ1n) is 5.59. The second-order valence-electron chi connectivity index (χ2n) is 5.54. The van der Waals surface area contributed by atoms with E-state index in [-0.39, 0.29) is 18.3 Å². The van der Waals surface area contributed by atoms with Crippen molar-refractivity contribution in [3.8, 4) is 0 Å². The number of hydrogen-bond acceptors (Lipinski definition) is 3. The molecule has 0 heterocycles. The number of carbonyl (C=O) groups is 2. The lowest BCUT2D eigenvalue weighted by Gasteiger charge is -2.28. The fraction of sp³-hybridized carbons (Fsp3) is 0.667. The average Bonchev–Trinajstić information content (AvgIpc) is 2.77. The highest BCUT2D eigenvalue weighted by molar-refractivity contribution is 5.81. The van der Waals surface area contributed by atoms with Crippen LogP contribution in [0.4, 0.5) is 0 Å². The zero-order chi connectivity index (χ0) is 13.2. The summed E-state index contributed by atoms with van der Waals surface area (Å²) in [5.74, 6) is -1.50. The number of carboxylic acids is 1. The molecule has 5 heteroatoms. The molecule has 0 saturated heterocycles. The van der Waals surface area contributed by atoms with Crippen molar-refractivity contribution in [1.29, 1.82) is 0 Å². The molecular weight excluding hydrogens is 222 g/mol. The van der Waals surface area contributed by atoms with E-state index < -0.39 is 12.1 Å². The summed E-state index contributed by atoms with van der Waals surface area (Å²) in [5, 5.41) is 8.78. The first-order chi connectivity index (χ1) is 7.69. The Hall–Kier alpha value is -1.36. The largest absolute Gasteiger partial charge is 0.481 e. The Kier molecular flexibility index (Phi) is 3.93. The van der Waals surface area contributed by atoms with Gasteiger partial charge in [-0.1, -0.05) is 12.2 Å². The molecule has 96 valence electrons. The minimum absolute atomic E-state index is 0.152. The molecule has 1 rings (SSSR count). The van der Waals surface area contributed by atoms with Crippen LogP contribution in [0.15, 0.2) is 12.2 Å². The van der Waals surface area contributed by atoms with Gasteiger partial charge in [0.05, 0.1) is 33.5 Å². The van der Waals surface area contributed by atoms with Crippen LogP contribution in [0.25, 0.3) is 0 Å². The highest BCUT2D eigenvalue weighted by Gasteiger charge is 2.38. The summed E-state index contributed by atoms with van der Waals surface area (Å²) in [7, 11) is 5.79. The number of hydrogen-bond donors (Lipinski definition) is 1.